The first-order valence-corrected chi connectivity index (χ1v) is 6.28. The molecule has 0 heterocycles. The van der Waals surface area contributed by atoms with Gasteiger partial charge in [-0.2, -0.15) is 0 Å². The highest BCUT2D eigenvalue weighted by Crippen LogP contribution is 2.23. The molecule has 1 aromatic carbocycles. The molecule has 0 aliphatic heterocycles. The van der Waals surface area contributed by atoms with E-state index >= 15 is 0 Å². The van der Waals surface area contributed by atoms with Crippen LogP contribution < -0.4 is 0 Å². The molecular weight excluding hydrogens is 236 g/mol. The highest BCUT2D eigenvalue weighted by molar-refractivity contribution is 6.30. The van der Waals surface area contributed by atoms with Gasteiger partial charge in [0, 0.05) is 18.6 Å². The summed E-state index contributed by atoms with van der Waals surface area (Å²) in [6.45, 7) is 3.96. The molecule has 0 bridgehead atoms. The van der Waals surface area contributed by atoms with Gasteiger partial charge in [0.05, 0.1) is 0 Å². The predicted molar refractivity (Wildman–Crippen MR) is 70.5 cm³/mol. The second kappa shape index (κ2) is 6.18. The smallest absolute Gasteiger partial charge is 0.168 e. The summed E-state index contributed by atoms with van der Waals surface area (Å²) in [5.41, 5.74) is 0.335. The summed E-state index contributed by atoms with van der Waals surface area (Å²) in [5, 5.41) is 0.685. The van der Waals surface area contributed by atoms with Crippen molar-refractivity contribution in [1.29, 1.82) is 0 Å². The van der Waals surface area contributed by atoms with E-state index in [1.807, 2.05) is 26.0 Å². The van der Waals surface area contributed by atoms with Gasteiger partial charge in [-0.3, -0.25) is 4.79 Å². The van der Waals surface area contributed by atoms with Crippen LogP contribution in [-0.2, 0) is 16.0 Å². The number of benzene rings is 1. The Labute approximate surface area is 108 Å². The molecule has 0 atom stereocenters. The Morgan fingerprint density at radius 3 is 2.18 bits per heavy atom. The highest BCUT2D eigenvalue weighted by atomic mass is 35.5. The molecule has 2 nitrogen and oxygen atoms in total. The van der Waals surface area contributed by atoms with Gasteiger partial charge in [-0.25, -0.2) is 0 Å². The minimum absolute atomic E-state index is 0.132. The van der Waals surface area contributed by atoms with Gasteiger partial charge < -0.3 is 4.74 Å². The van der Waals surface area contributed by atoms with E-state index < -0.39 is 5.60 Å². The number of hydrogen-bond acceptors (Lipinski definition) is 2. The van der Waals surface area contributed by atoms with Crippen LogP contribution in [0.2, 0.25) is 5.02 Å². The molecule has 1 rings (SSSR count). The third-order valence-corrected chi connectivity index (χ3v) is 3.57. The van der Waals surface area contributed by atoms with Crippen LogP contribution in [0.1, 0.15) is 32.3 Å². The number of halogens is 1. The first kappa shape index (κ1) is 14.2. The van der Waals surface area contributed by atoms with Gasteiger partial charge in [0.2, 0.25) is 0 Å². The molecule has 94 valence electrons. The summed E-state index contributed by atoms with van der Waals surface area (Å²) >= 11 is 5.81. The zero-order chi connectivity index (χ0) is 12.9. The molecule has 0 aromatic heterocycles. The minimum Gasteiger partial charge on any atom is -0.370 e. The van der Waals surface area contributed by atoms with Gasteiger partial charge in [0.25, 0.3) is 0 Å². The molecule has 0 radical (unpaired) electrons. The number of carbonyl (C=O) groups is 1. The molecule has 0 amide bonds. The standard InChI is InChI=1S/C14H19ClO2/c1-4-14(5-2,17-3)13(16)10-11-6-8-12(15)9-7-11/h6-9H,4-5,10H2,1-3H3. The van der Waals surface area contributed by atoms with Crippen molar-refractivity contribution in [3.05, 3.63) is 34.9 Å². The van der Waals surface area contributed by atoms with Gasteiger partial charge in [-0.15, -0.1) is 0 Å². The van der Waals surface area contributed by atoms with Crippen LogP contribution in [0.25, 0.3) is 0 Å². The van der Waals surface area contributed by atoms with Gasteiger partial charge in [-0.1, -0.05) is 37.6 Å². The zero-order valence-electron chi connectivity index (χ0n) is 10.6. The maximum Gasteiger partial charge on any atom is 0.168 e. The van der Waals surface area contributed by atoms with Crippen LogP contribution in [0.15, 0.2) is 24.3 Å². The van der Waals surface area contributed by atoms with Gasteiger partial charge >= 0.3 is 0 Å². The number of methoxy groups -OCH3 is 1. The average Bonchev–Trinajstić information content (AvgIpc) is 2.35. The fraction of sp³-hybridized carbons (Fsp3) is 0.500. The van der Waals surface area contributed by atoms with Crippen LogP contribution in [0, 0.1) is 0 Å². The molecule has 0 aliphatic rings. The fourth-order valence-electron chi connectivity index (χ4n) is 2.00. The summed E-state index contributed by atoms with van der Waals surface area (Å²) in [7, 11) is 1.60. The molecule has 0 saturated heterocycles. The largest absolute Gasteiger partial charge is 0.370 e. The summed E-state index contributed by atoms with van der Waals surface area (Å²) in [6.07, 6.45) is 1.80. The van der Waals surface area contributed by atoms with E-state index in [0.717, 1.165) is 5.56 Å². The van der Waals surface area contributed by atoms with Crippen molar-refractivity contribution in [1.82, 2.24) is 0 Å². The van der Waals surface area contributed by atoms with Crippen LogP contribution in [0.5, 0.6) is 0 Å². The lowest BCUT2D eigenvalue weighted by atomic mass is 9.88. The highest BCUT2D eigenvalue weighted by Gasteiger charge is 2.33. The van der Waals surface area contributed by atoms with Crippen LogP contribution in [0.3, 0.4) is 0 Å². The van der Waals surface area contributed by atoms with Crippen molar-refractivity contribution >= 4 is 17.4 Å². The summed E-state index contributed by atoms with van der Waals surface area (Å²) in [6, 6.07) is 7.37. The molecule has 3 heteroatoms. The van der Waals surface area contributed by atoms with E-state index in [1.54, 1.807) is 19.2 Å². The van der Waals surface area contributed by atoms with Crippen molar-refractivity contribution in [2.45, 2.75) is 38.7 Å². The topological polar surface area (TPSA) is 26.3 Å². The Kier molecular flexibility index (Phi) is 5.16. The number of carbonyl (C=O) groups excluding carboxylic acids is 1. The quantitative estimate of drug-likeness (QED) is 0.775. The van der Waals surface area contributed by atoms with Crippen LogP contribution in [0.4, 0.5) is 0 Å². The normalized spacial score (nSPS) is 11.5. The Balaban J connectivity index is 2.80. The first-order chi connectivity index (χ1) is 8.07. The Morgan fingerprint density at radius 1 is 1.24 bits per heavy atom. The van der Waals surface area contributed by atoms with E-state index in [2.05, 4.69) is 0 Å². The number of hydrogen-bond donors (Lipinski definition) is 0. The van der Waals surface area contributed by atoms with Crippen LogP contribution in [-0.4, -0.2) is 18.5 Å². The van der Waals surface area contributed by atoms with Crippen molar-refractivity contribution in [2.24, 2.45) is 0 Å². The van der Waals surface area contributed by atoms with E-state index in [1.165, 1.54) is 0 Å². The summed E-state index contributed by atoms with van der Waals surface area (Å²) in [5.74, 6) is 0.132. The monoisotopic (exact) mass is 254 g/mol. The number of ketones is 1. The van der Waals surface area contributed by atoms with E-state index in [0.29, 0.717) is 24.3 Å². The third-order valence-electron chi connectivity index (χ3n) is 3.32. The fourth-order valence-corrected chi connectivity index (χ4v) is 2.12. The van der Waals surface area contributed by atoms with E-state index in [9.17, 15) is 4.79 Å². The molecule has 0 fully saturated rings. The number of Topliss-reactive ketones (excluding diaryl/α,β-unsaturated/α-hetero) is 1. The van der Waals surface area contributed by atoms with Crippen molar-refractivity contribution in [3.8, 4) is 0 Å². The molecule has 17 heavy (non-hydrogen) atoms. The number of ether oxygens (including phenoxy) is 1. The predicted octanol–water partition coefficient (Wildman–Crippen LogP) is 3.66. The van der Waals surface area contributed by atoms with Gasteiger partial charge in [-0.05, 0) is 30.5 Å². The van der Waals surface area contributed by atoms with Crippen molar-refractivity contribution in [3.63, 3.8) is 0 Å². The third kappa shape index (κ3) is 3.30. The molecular formula is C14H19ClO2. The Morgan fingerprint density at radius 2 is 1.76 bits per heavy atom. The zero-order valence-corrected chi connectivity index (χ0v) is 11.4. The van der Waals surface area contributed by atoms with Crippen molar-refractivity contribution in [2.75, 3.05) is 7.11 Å². The van der Waals surface area contributed by atoms with Crippen molar-refractivity contribution < 1.29 is 9.53 Å². The molecule has 0 unspecified atom stereocenters. The molecule has 0 saturated carbocycles. The van der Waals surface area contributed by atoms with Crippen LogP contribution >= 0.6 is 11.6 Å². The number of rotatable bonds is 6. The van der Waals surface area contributed by atoms with E-state index in [-0.39, 0.29) is 5.78 Å². The molecule has 0 N–H and O–H groups in total. The van der Waals surface area contributed by atoms with E-state index in [4.69, 9.17) is 16.3 Å². The second-order valence-corrected chi connectivity index (χ2v) is 4.57. The molecule has 0 aliphatic carbocycles. The summed E-state index contributed by atoms with van der Waals surface area (Å²) in [4.78, 5) is 12.3. The first-order valence-electron chi connectivity index (χ1n) is 5.91. The minimum atomic E-state index is -0.639. The maximum atomic E-state index is 12.3. The van der Waals surface area contributed by atoms with Gasteiger partial charge in [0.1, 0.15) is 5.60 Å². The lowest BCUT2D eigenvalue weighted by Crippen LogP contribution is -2.40. The SMILES string of the molecule is CCC(CC)(OC)C(=O)Cc1ccc(Cl)cc1. The molecule has 0 spiro atoms. The Hall–Kier alpha value is -0.860. The lowest BCUT2D eigenvalue weighted by Gasteiger charge is -2.28. The second-order valence-electron chi connectivity index (χ2n) is 4.13. The van der Waals surface area contributed by atoms with Gasteiger partial charge in [0.15, 0.2) is 5.78 Å². The summed E-state index contributed by atoms with van der Waals surface area (Å²) < 4.78 is 5.42. The maximum absolute atomic E-state index is 12.3. The lowest BCUT2D eigenvalue weighted by molar-refractivity contribution is -0.141. The average molecular weight is 255 g/mol. The molecule has 1 aromatic rings. The Bertz CT molecular complexity index is 358.